The van der Waals surface area contributed by atoms with E-state index in [2.05, 4.69) is 15.4 Å². The Bertz CT molecular complexity index is 800. The highest BCUT2D eigenvalue weighted by atomic mass is 127. The van der Waals surface area contributed by atoms with Crippen LogP contribution in [0.5, 0.6) is 0 Å². The van der Waals surface area contributed by atoms with Gasteiger partial charge in [0, 0.05) is 38.9 Å². The zero-order valence-corrected chi connectivity index (χ0v) is 19.5. The second-order valence-corrected chi connectivity index (χ2v) is 7.00. The van der Waals surface area contributed by atoms with Crippen LogP contribution in [-0.4, -0.2) is 70.5 Å². The van der Waals surface area contributed by atoms with E-state index in [0.717, 1.165) is 11.4 Å². The van der Waals surface area contributed by atoms with Crippen molar-refractivity contribution in [2.45, 2.75) is 32.6 Å². The Hall–Kier alpha value is -1.82. The third-order valence-electron chi connectivity index (χ3n) is 5.03. The molecule has 2 aromatic rings. The lowest BCUT2D eigenvalue weighted by Crippen LogP contribution is -2.56. The monoisotopic (exact) mass is 536 g/mol. The van der Waals surface area contributed by atoms with Crippen molar-refractivity contribution in [3.05, 3.63) is 48.3 Å². The van der Waals surface area contributed by atoms with Crippen LogP contribution in [0.4, 0.5) is 13.2 Å². The van der Waals surface area contributed by atoms with Gasteiger partial charge in [-0.15, -0.1) is 24.0 Å². The minimum atomic E-state index is -4.20. The Kier molecular flexibility index (Phi) is 8.95. The molecule has 0 bridgehead atoms. The molecule has 1 fully saturated rings. The van der Waals surface area contributed by atoms with Gasteiger partial charge >= 0.3 is 6.18 Å². The molecule has 30 heavy (non-hydrogen) atoms. The zero-order chi connectivity index (χ0) is 20.9. The predicted molar refractivity (Wildman–Crippen MR) is 122 cm³/mol. The van der Waals surface area contributed by atoms with Crippen molar-refractivity contribution in [3.8, 4) is 5.69 Å². The first-order valence-electron chi connectivity index (χ1n) is 9.82. The van der Waals surface area contributed by atoms with Crippen LogP contribution in [-0.2, 0) is 6.54 Å². The number of hydrogen-bond donors (Lipinski definition) is 1. The normalized spacial score (nSPS) is 16.8. The number of para-hydroxylation sites is 1. The quantitative estimate of drug-likeness (QED) is 0.361. The molecule has 166 valence electrons. The third-order valence-corrected chi connectivity index (χ3v) is 5.03. The first-order chi connectivity index (χ1) is 13.9. The SMILES string of the molecule is CCNC(=NCc1ccn(-c2ccccc2)n1)N1CCN(C(C)C(F)(F)F)CC1.I. The first-order valence-corrected chi connectivity index (χ1v) is 9.82. The van der Waals surface area contributed by atoms with Gasteiger partial charge in [0.25, 0.3) is 0 Å². The topological polar surface area (TPSA) is 48.7 Å². The summed E-state index contributed by atoms with van der Waals surface area (Å²) in [6, 6.07) is 10.3. The summed E-state index contributed by atoms with van der Waals surface area (Å²) < 4.78 is 40.6. The molecule has 0 spiro atoms. The fraction of sp³-hybridized carbons (Fsp3) is 0.500. The highest BCUT2D eigenvalue weighted by Gasteiger charge is 2.41. The van der Waals surface area contributed by atoms with Crippen molar-refractivity contribution in [1.82, 2.24) is 24.9 Å². The van der Waals surface area contributed by atoms with E-state index in [0.29, 0.717) is 45.2 Å². The number of halogens is 4. The number of guanidine groups is 1. The Balaban J connectivity index is 0.00000320. The summed E-state index contributed by atoms with van der Waals surface area (Å²) in [7, 11) is 0. The number of alkyl halides is 3. The van der Waals surface area contributed by atoms with Crippen LogP contribution in [0.2, 0.25) is 0 Å². The molecule has 6 nitrogen and oxygen atoms in total. The van der Waals surface area contributed by atoms with E-state index >= 15 is 0 Å². The van der Waals surface area contributed by atoms with Crippen LogP contribution >= 0.6 is 24.0 Å². The molecule has 2 heterocycles. The number of rotatable bonds is 5. The number of hydrogen-bond acceptors (Lipinski definition) is 3. The Morgan fingerprint density at radius 2 is 1.80 bits per heavy atom. The molecule has 3 rings (SSSR count). The number of piperazine rings is 1. The number of aromatic nitrogens is 2. The Morgan fingerprint density at radius 1 is 1.13 bits per heavy atom. The average Bonchev–Trinajstić information content (AvgIpc) is 3.20. The van der Waals surface area contributed by atoms with Gasteiger partial charge < -0.3 is 10.2 Å². The van der Waals surface area contributed by atoms with Gasteiger partial charge in [-0.25, -0.2) is 9.67 Å². The summed E-state index contributed by atoms with van der Waals surface area (Å²) in [4.78, 5) is 8.13. The van der Waals surface area contributed by atoms with E-state index in [-0.39, 0.29) is 24.0 Å². The van der Waals surface area contributed by atoms with Gasteiger partial charge in [-0.05, 0) is 32.0 Å². The van der Waals surface area contributed by atoms with E-state index < -0.39 is 12.2 Å². The molecule has 1 unspecified atom stereocenters. The van der Waals surface area contributed by atoms with Crippen molar-refractivity contribution in [3.63, 3.8) is 0 Å². The van der Waals surface area contributed by atoms with Crippen LogP contribution in [0.25, 0.3) is 5.69 Å². The number of nitrogens with one attached hydrogen (secondary N) is 1. The smallest absolute Gasteiger partial charge is 0.357 e. The molecule has 1 saturated heterocycles. The van der Waals surface area contributed by atoms with Crippen molar-refractivity contribution in [2.24, 2.45) is 4.99 Å². The third kappa shape index (κ3) is 6.34. The summed E-state index contributed by atoms with van der Waals surface area (Å²) >= 11 is 0. The lowest BCUT2D eigenvalue weighted by molar-refractivity contribution is -0.181. The van der Waals surface area contributed by atoms with Crippen molar-refractivity contribution in [1.29, 1.82) is 0 Å². The van der Waals surface area contributed by atoms with Gasteiger partial charge in [0.2, 0.25) is 0 Å². The molecule has 0 radical (unpaired) electrons. The molecule has 1 atom stereocenters. The van der Waals surface area contributed by atoms with Crippen molar-refractivity contribution in [2.75, 3.05) is 32.7 Å². The fourth-order valence-corrected chi connectivity index (χ4v) is 3.28. The van der Waals surface area contributed by atoms with Gasteiger partial charge in [-0.3, -0.25) is 4.90 Å². The maximum atomic E-state index is 12.9. The second-order valence-electron chi connectivity index (χ2n) is 7.00. The molecule has 0 saturated carbocycles. The molecular formula is C20H28F3IN6. The van der Waals surface area contributed by atoms with Gasteiger partial charge in [0.15, 0.2) is 5.96 Å². The van der Waals surface area contributed by atoms with Crippen molar-refractivity contribution >= 4 is 29.9 Å². The Morgan fingerprint density at radius 3 is 2.40 bits per heavy atom. The molecule has 0 amide bonds. The molecule has 1 aromatic carbocycles. The molecule has 10 heteroatoms. The van der Waals surface area contributed by atoms with Gasteiger partial charge in [0.05, 0.1) is 17.9 Å². The van der Waals surface area contributed by atoms with E-state index in [4.69, 9.17) is 0 Å². The summed E-state index contributed by atoms with van der Waals surface area (Å²) in [5.41, 5.74) is 1.80. The van der Waals surface area contributed by atoms with Crippen LogP contribution in [0.15, 0.2) is 47.6 Å². The largest absolute Gasteiger partial charge is 0.403 e. The first kappa shape index (κ1) is 24.4. The highest BCUT2D eigenvalue weighted by Crippen LogP contribution is 2.25. The van der Waals surface area contributed by atoms with Crippen molar-refractivity contribution < 1.29 is 13.2 Å². The highest BCUT2D eigenvalue weighted by molar-refractivity contribution is 14.0. The molecular weight excluding hydrogens is 508 g/mol. The maximum absolute atomic E-state index is 12.9. The predicted octanol–water partition coefficient (Wildman–Crippen LogP) is 3.52. The second kappa shape index (κ2) is 11.0. The number of aliphatic imine (C=N–C) groups is 1. The Labute approximate surface area is 192 Å². The molecule has 1 aromatic heterocycles. The van der Waals surface area contributed by atoms with Crippen LogP contribution in [0.3, 0.4) is 0 Å². The van der Waals surface area contributed by atoms with E-state index in [1.54, 1.807) is 4.68 Å². The van der Waals surface area contributed by atoms with Crippen LogP contribution < -0.4 is 5.32 Å². The van der Waals surface area contributed by atoms with E-state index in [1.165, 1.54) is 11.8 Å². The number of benzene rings is 1. The standard InChI is InChI=1S/C20H27F3N6.HI/c1-3-24-19(28-13-11-27(12-14-28)16(2)20(21,22)23)25-15-17-9-10-29(26-17)18-7-5-4-6-8-18;/h4-10,16H,3,11-15H2,1-2H3,(H,24,25);1H. The summed E-state index contributed by atoms with van der Waals surface area (Å²) in [6.07, 6.45) is -2.30. The summed E-state index contributed by atoms with van der Waals surface area (Å²) in [5, 5.41) is 7.79. The molecule has 1 aliphatic rings. The van der Waals surface area contributed by atoms with Gasteiger partial charge in [-0.1, -0.05) is 18.2 Å². The van der Waals surface area contributed by atoms with Crippen LogP contribution in [0.1, 0.15) is 19.5 Å². The fourth-order valence-electron chi connectivity index (χ4n) is 3.28. The minimum absolute atomic E-state index is 0. The van der Waals surface area contributed by atoms with Gasteiger partial charge in [0.1, 0.15) is 6.04 Å². The van der Waals surface area contributed by atoms with E-state index in [9.17, 15) is 13.2 Å². The van der Waals surface area contributed by atoms with E-state index in [1.807, 2.05) is 54.4 Å². The maximum Gasteiger partial charge on any atom is 0.403 e. The minimum Gasteiger partial charge on any atom is -0.357 e. The lowest BCUT2D eigenvalue weighted by atomic mass is 10.2. The number of nitrogens with zero attached hydrogens (tertiary/aromatic N) is 5. The summed E-state index contributed by atoms with van der Waals surface area (Å²) in [6.45, 7) is 6.01. The molecule has 1 N–H and O–H groups in total. The van der Waals surface area contributed by atoms with Gasteiger partial charge in [-0.2, -0.15) is 18.3 Å². The zero-order valence-electron chi connectivity index (χ0n) is 17.1. The summed E-state index contributed by atoms with van der Waals surface area (Å²) in [5.74, 6) is 0.709. The molecule has 1 aliphatic heterocycles. The lowest BCUT2D eigenvalue weighted by Gasteiger charge is -2.39. The molecule has 0 aliphatic carbocycles. The van der Waals surface area contributed by atoms with Crippen LogP contribution in [0, 0.1) is 0 Å². The average molecular weight is 536 g/mol.